The number of anilines is 2. The summed E-state index contributed by atoms with van der Waals surface area (Å²) in [6.07, 6.45) is 1.00. The largest absolute Gasteiger partial charge is 0.490 e. The average molecular weight is 590 g/mol. The van der Waals surface area contributed by atoms with E-state index in [1.807, 2.05) is 86.6 Å². The number of thioether (sulfide) groups is 1. The van der Waals surface area contributed by atoms with Crippen LogP contribution in [0.2, 0.25) is 5.02 Å². The second-order valence-corrected chi connectivity index (χ2v) is 11.0. The van der Waals surface area contributed by atoms with Gasteiger partial charge in [0.1, 0.15) is 12.6 Å². The third-order valence-corrected chi connectivity index (χ3v) is 7.73. The molecule has 5 rings (SSSR count). The first kappa shape index (κ1) is 28.6. The topological polar surface area (TPSA) is 90.3 Å². The number of aromatic nitrogens is 3. The van der Waals surface area contributed by atoms with Crippen molar-refractivity contribution in [2.45, 2.75) is 45.0 Å². The number of amides is 1. The third kappa shape index (κ3) is 6.69. The highest BCUT2D eigenvalue weighted by Gasteiger charge is 2.35. The van der Waals surface area contributed by atoms with Crippen LogP contribution in [0.1, 0.15) is 44.4 Å². The normalized spacial score (nSPS) is 14.3. The van der Waals surface area contributed by atoms with E-state index >= 15 is 0 Å². The summed E-state index contributed by atoms with van der Waals surface area (Å²) in [7, 11) is 0. The molecule has 1 aliphatic heterocycles. The van der Waals surface area contributed by atoms with Crippen LogP contribution in [0.25, 0.3) is 0 Å². The molecule has 0 fully saturated rings. The Morgan fingerprint density at radius 3 is 2.56 bits per heavy atom. The van der Waals surface area contributed by atoms with E-state index < -0.39 is 6.04 Å². The molecule has 1 aliphatic rings. The summed E-state index contributed by atoms with van der Waals surface area (Å²) < 4.78 is 13.9. The van der Waals surface area contributed by atoms with Crippen LogP contribution >= 0.6 is 23.4 Å². The Labute approximate surface area is 249 Å². The molecule has 3 aromatic carbocycles. The number of fused-ring (bicyclic) bond motifs is 1. The zero-order chi connectivity index (χ0) is 28.8. The highest BCUT2D eigenvalue weighted by molar-refractivity contribution is 7.99. The number of ether oxygens (including phenoxy) is 2. The Hall–Kier alpha value is -3.95. The van der Waals surface area contributed by atoms with Gasteiger partial charge in [-0.15, -0.1) is 5.10 Å². The van der Waals surface area contributed by atoms with Crippen molar-refractivity contribution >= 4 is 40.9 Å². The molecule has 1 unspecified atom stereocenters. The first-order valence-corrected chi connectivity index (χ1v) is 14.9. The Morgan fingerprint density at radius 1 is 1.05 bits per heavy atom. The molecule has 2 heterocycles. The number of hydrogen-bond donors (Lipinski definition) is 2. The van der Waals surface area contributed by atoms with Crippen molar-refractivity contribution in [3.05, 3.63) is 100 Å². The molecule has 8 nitrogen and oxygen atoms in total. The molecule has 0 bridgehead atoms. The van der Waals surface area contributed by atoms with Crippen LogP contribution in [-0.2, 0) is 11.4 Å². The predicted octanol–water partition coefficient (Wildman–Crippen LogP) is 7.34. The lowest BCUT2D eigenvalue weighted by molar-refractivity contribution is -0.113. The number of hydrogen-bond acceptors (Lipinski definition) is 7. The van der Waals surface area contributed by atoms with Gasteiger partial charge in [-0.25, -0.2) is 4.68 Å². The van der Waals surface area contributed by atoms with Crippen molar-refractivity contribution in [3.63, 3.8) is 0 Å². The minimum absolute atomic E-state index is 0.226. The van der Waals surface area contributed by atoms with Crippen LogP contribution in [0.5, 0.6) is 11.5 Å². The van der Waals surface area contributed by atoms with Gasteiger partial charge in [0.2, 0.25) is 11.1 Å². The minimum Gasteiger partial charge on any atom is -0.490 e. The molecule has 1 aromatic heterocycles. The van der Waals surface area contributed by atoms with E-state index in [-0.39, 0.29) is 5.91 Å². The molecule has 0 radical (unpaired) electrons. The van der Waals surface area contributed by atoms with Gasteiger partial charge in [0.05, 0.1) is 12.2 Å². The van der Waals surface area contributed by atoms with Crippen molar-refractivity contribution in [2.75, 3.05) is 23.0 Å². The summed E-state index contributed by atoms with van der Waals surface area (Å²) in [4.78, 5) is 18.5. The summed E-state index contributed by atoms with van der Waals surface area (Å²) in [5, 5.41) is 12.5. The molecule has 0 saturated carbocycles. The van der Waals surface area contributed by atoms with Gasteiger partial charge in [-0.2, -0.15) is 4.98 Å². The van der Waals surface area contributed by atoms with E-state index in [1.54, 1.807) is 16.4 Å². The standard InChI is InChI=1S/C31H32ClN5O3S/c1-4-17-41-31-35-30-33-20(3)27(29(38)34-24-9-7-6-8-10-24)28(37(30)36-31)22-13-16-25(26(18-22)39-5-2)40-19-21-11-14-23(32)15-12-21/h6-16,18,28H,4-5,17,19H2,1-3H3,(H,34,38)(H,33,35,36). The van der Waals surface area contributed by atoms with E-state index in [9.17, 15) is 4.79 Å². The fourth-order valence-electron chi connectivity index (χ4n) is 4.53. The molecule has 212 valence electrons. The second kappa shape index (κ2) is 13.1. The van der Waals surface area contributed by atoms with Gasteiger partial charge in [0.15, 0.2) is 11.5 Å². The Bertz CT molecular complexity index is 1540. The number of carbonyl (C=O) groups is 1. The lowest BCUT2D eigenvalue weighted by Crippen LogP contribution is -2.31. The smallest absolute Gasteiger partial charge is 0.255 e. The first-order chi connectivity index (χ1) is 20.0. The Balaban J connectivity index is 1.52. The quantitative estimate of drug-likeness (QED) is 0.177. The van der Waals surface area contributed by atoms with Gasteiger partial charge < -0.3 is 20.1 Å². The number of nitrogens with one attached hydrogen (secondary N) is 2. The molecule has 2 N–H and O–H groups in total. The number of carbonyl (C=O) groups excluding carboxylic acids is 1. The SMILES string of the molecule is CCCSc1nc2n(n1)C(c1ccc(OCc3ccc(Cl)cc3)c(OCC)c1)C(C(=O)Nc1ccccc1)=C(C)N2. The Kier molecular flexibility index (Phi) is 9.16. The first-order valence-electron chi connectivity index (χ1n) is 13.5. The highest BCUT2D eigenvalue weighted by atomic mass is 35.5. The van der Waals surface area contributed by atoms with Crippen LogP contribution in [0.15, 0.2) is 89.2 Å². The van der Waals surface area contributed by atoms with Crippen molar-refractivity contribution < 1.29 is 14.3 Å². The number of halogens is 1. The lowest BCUT2D eigenvalue weighted by atomic mass is 9.94. The van der Waals surface area contributed by atoms with Gasteiger partial charge in [0.25, 0.3) is 5.91 Å². The fourth-order valence-corrected chi connectivity index (χ4v) is 5.34. The van der Waals surface area contributed by atoms with Crippen LogP contribution in [0.4, 0.5) is 11.6 Å². The van der Waals surface area contributed by atoms with E-state index in [2.05, 4.69) is 17.6 Å². The third-order valence-electron chi connectivity index (χ3n) is 6.44. The number of allylic oxidation sites excluding steroid dienone is 1. The number of nitrogens with zero attached hydrogens (tertiary/aromatic N) is 3. The summed E-state index contributed by atoms with van der Waals surface area (Å²) in [5.74, 6) is 2.45. The molecule has 4 aromatic rings. The highest BCUT2D eigenvalue weighted by Crippen LogP contribution is 2.40. The lowest BCUT2D eigenvalue weighted by Gasteiger charge is -2.29. The van der Waals surface area contributed by atoms with E-state index in [4.69, 9.17) is 31.2 Å². The fraction of sp³-hybridized carbons (Fsp3) is 0.258. The van der Waals surface area contributed by atoms with Gasteiger partial charge in [0, 0.05) is 22.2 Å². The maximum Gasteiger partial charge on any atom is 0.255 e. The molecule has 0 aliphatic carbocycles. The summed E-state index contributed by atoms with van der Waals surface area (Å²) in [6.45, 7) is 6.74. The maximum atomic E-state index is 13.8. The average Bonchev–Trinajstić information content (AvgIpc) is 3.38. The molecular formula is C31H32ClN5O3S. The zero-order valence-corrected chi connectivity index (χ0v) is 24.8. The Morgan fingerprint density at radius 2 is 1.83 bits per heavy atom. The summed E-state index contributed by atoms with van der Waals surface area (Å²) in [5.41, 5.74) is 3.76. The maximum absolute atomic E-state index is 13.8. The molecular weight excluding hydrogens is 558 g/mol. The molecule has 10 heteroatoms. The van der Waals surface area contributed by atoms with Gasteiger partial charge in [-0.3, -0.25) is 4.79 Å². The monoisotopic (exact) mass is 589 g/mol. The van der Waals surface area contributed by atoms with E-state index in [0.29, 0.717) is 57.8 Å². The number of rotatable bonds is 11. The van der Waals surface area contributed by atoms with Crippen molar-refractivity contribution in [2.24, 2.45) is 0 Å². The van der Waals surface area contributed by atoms with Crippen LogP contribution in [0, 0.1) is 0 Å². The molecule has 1 amide bonds. The summed E-state index contributed by atoms with van der Waals surface area (Å²) in [6, 6.07) is 22.1. The van der Waals surface area contributed by atoms with Gasteiger partial charge in [-0.05, 0) is 67.8 Å². The molecule has 1 atom stereocenters. The van der Waals surface area contributed by atoms with Gasteiger partial charge in [-0.1, -0.05) is 66.7 Å². The number of para-hydroxylation sites is 1. The second-order valence-electron chi connectivity index (χ2n) is 9.45. The molecule has 41 heavy (non-hydrogen) atoms. The van der Waals surface area contributed by atoms with Crippen molar-refractivity contribution in [1.82, 2.24) is 14.8 Å². The minimum atomic E-state index is -0.539. The van der Waals surface area contributed by atoms with E-state index in [1.165, 1.54) is 0 Å². The predicted molar refractivity (Wildman–Crippen MR) is 164 cm³/mol. The van der Waals surface area contributed by atoms with Crippen molar-refractivity contribution in [3.8, 4) is 11.5 Å². The summed E-state index contributed by atoms with van der Waals surface area (Å²) >= 11 is 7.62. The van der Waals surface area contributed by atoms with Crippen molar-refractivity contribution in [1.29, 1.82) is 0 Å². The molecule has 0 saturated heterocycles. The number of benzene rings is 3. The van der Waals surface area contributed by atoms with Crippen LogP contribution in [-0.4, -0.2) is 33.0 Å². The van der Waals surface area contributed by atoms with Gasteiger partial charge >= 0.3 is 0 Å². The van der Waals surface area contributed by atoms with E-state index in [0.717, 1.165) is 23.3 Å². The zero-order valence-electron chi connectivity index (χ0n) is 23.2. The van der Waals surface area contributed by atoms with Crippen LogP contribution in [0.3, 0.4) is 0 Å². The molecule has 0 spiro atoms. The van der Waals surface area contributed by atoms with Crippen LogP contribution < -0.4 is 20.1 Å².